The van der Waals surface area contributed by atoms with Gasteiger partial charge in [0.2, 0.25) is 5.91 Å². The third-order valence-corrected chi connectivity index (χ3v) is 2.23. The molecule has 0 spiro atoms. The van der Waals surface area contributed by atoms with E-state index in [0.717, 1.165) is 5.56 Å². The molecule has 1 amide bonds. The van der Waals surface area contributed by atoms with Crippen molar-refractivity contribution in [1.82, 2.24) is 9.97 Å². The molecule has 20 heavy (non-hydrogen) atoms. The quantitative estimate of drug-likeness (QED) is 0.579. The third kappa shape index (κ3) is 4.05. The van der Waals surface area contributed by atoms with E-state index in [1.54, 1.807) is 36.5 Å². The van der Waals surface area contributed by atoms with E-state index in [0.29, 0.717) is 11.6 Å². The molecule has 0 fully saturated rings. The van der Waals surface area contributed by atoms with Gasteiger partial charge in [0.15, 0.2) is 5.82 Å². The van der Waals surface area contributed by atoms with Crippen LogP contribution in [0.1, 0.15) is 12.5 Å². The average Bonchev–Trinajstić information content (AvgIpc) is 2.38. The van der Waals surface area contributed by atoms with E-state index in [9.17, 15) is 9.90 Å². The second-order valence-corrected chi connectivity index (χ2v) is 3.93. The summed E-state index contributed by atoms with van der Waals surface area (Å²) in [7, 11) is 0. The summed E-state index contributed by atoms with van der Waals surface area (Å²) in [5.41, 5.74) is 3.46. The molecule has 1 aromatic carbocycles. The summed E-state index contributed by atoms with van der Waals surface area (Å²) < 4.78 is 0. The van der Waals surface area contributed by atoms with Crippen LogP contribution >= 0.6 is 0 Å². The molecule has 102 valence electrons. The Hall–Kier alpha value is -2.96. The van der Waals surface area contributed by atoms with Gasteiger partial charge in [-0.3, -0.25) is 10.2 Å². The smallest absolute Gasteiger partial charge is 0.222 e. The first-order valence-electron chi connectivity index (χ1n) is 5.81. The summed E-state index contributed by atoms with van der Waals surface area (Å²) in [5, 5.41) is 15.8. The predicted octanol–water partition coefficient (Wildman–Crippen LogP) is 1.59. The van der Waals surface area contributed by atoms with Gasteiger partial charge in [0.05, 0.1) is 6.21 Å². The second kappa shape index (κ2) is 6.28. The molecule has 0 aliphatic heterocycles. The number of hydrogen-bond acceptors (Lipinski definition) is 6. The van der Waals surface area contributed by atoms with E-state index < -0.39 is 0 Å². The molecule has 0 aliphatic carbocycles. The molecule has 7 nitrogen and oxygen atoms in total. The maximum atomic E-state index is 10.9. The molecule has 0 radical (unpaired) electrons. The molecule has 7 heteroatoms. The van der Waals surface area contributed by atoms with Crippen molar-refractivity contribution in [3.05, 3.63) is 42.2 Å². The van der Waals surface area contributed by atoms with Gasteiger partial charge in [-0.1, -0.05) is 12.1 Å². The summed E-state index contributed by atoms with van der Waals surface area (Å²) >= 11 is 0. The largest absolute Gasteiger partial charge is 0.508 e. The first-order valence-corrected chi connectivity index (χ1v) is 5.81. The fourth-order valence-corrected chi connectivity index (χ4v) is 1.45. The topological polar surface area (TPSA) is 99.5 Å². The Labute approximate surface area is 115 Å². The minimum Gasteiger partial charge on any atom is -0.508 e. The summed E-state index contributed by atoms with van der Waals surface area (Å²) in [4.78, 5) is 18.8. The molecule has 0 unspecified atom stereocenters. The van der Waals surface area contributed by atoms with Crippen LogP contribution < -0.4 is 10.7 Å². The van der Waals surface area contributed by atoms with Crippen LogP contribution in [-0.2, 0) is 4.79 Å². The fourth-order valence-electron chi connectivity index (χ4n) is 1.45. The van der Waals surface area contributed by atoms with Crippen LogP contribution in [0.15, 0.2) is 41.8 Å². The molecule has 0 aliphatic rings. The SMILES string of the molecule is CC(=O)Nc1cc(NN=Cc2cccc(O)c2)ncn1. The molecule has 3 N–H and O–H groups in total. The molecular weight excluding hydrogens is 258 g/mol. The minimum atomic E-state index is -0.210. The third-order valence-electron chi connectivity index (χ3n) is 2.23. The number of aromatic hydroxyl groups is 1. The number of rotatable bonds is 4. The number of hydrazone groups is 1. The molecule has 1 heterocycles. The molecular formula is C13H13N5O2. The normalized spacial score (nSPS) is 10.4. The zero-order valence-electron chi connectivity index (χ0n) is 10.7. The van der Waals surface area contributed by atoms with Gasteiger partial charge in [0.1, 0.15) is 17.9 Å². The first-order chi connectivity index (χ1) is 9.63. The van der Waals surface area contributed by atoms with E-state index in [-0.39, 0.29) is 11.7 Å². The number of anilines is 2. The van der Waals surface area contributed by atoms with Gasteiger partial charge in [-0.15, -0.1) is 0 Å². The Balaban J connectivity index is 2.01. The van der Waals surface area contributed by atoms with Crippen molar-refractivity contribution in [1.29, 1.82) is 0 Å². The number of amides is 1. The number of nitrogens with one attached hydrogen (secondary N) is 2. The van der Waals surface area contributed by atoms with Gasteiger partial charge in [-0.05, 0) is 17.7 Å². The Morgan fingerprint density at radius 3 is 2.85 bits per heavy atom. The van der Waals surface area contributed by atoms with Crippen LogP contribution in [0.3, 0.4) is 0 Å². The standard InChI is InChI=1S/C13H13N5O2/c1-9(19)17-12-6-13(15-8-14-12)18-16-7-10-3-2-4-11(20)5-10/h2-8,20H,1H3,(H2,14,15,17,18,19). The molecule has 0 saturated heterocycles. The highest BCUT2D eigenvalue weighted by atomic mass is 16.3. The van der Waals surface area contributed by atoms with Crippen LogP contribution in [0.25, 0.3) is 0 Å². The Morgan fingerprint density at radius 1 is 1.30 bits per heavy atom. The zero-order chi connectivity index (χ0) is 14.4. The van der Waals surface area contributed by atoms with Crippen molar-refractivity contribution in [2.24, 2.45) is 5.10 Å². The van der Waals surface area contributed by atoms with Crippen LogP contribution in [0.5, 0.6) is 5.75 Å². The Kier molecular flexibility index (Phi) is 4.23. The van der Waals surface area contributed by atoms with Crippen molar-refractivity contribution in [3.63, 3.8) is 0 Å². The lowest BCUT2D eigenvalue weighted by Gasteiger charge is -2.03. The maximum Gasteiger partial charge on any atom is 0.222 e. The van der Waals surface area contributed by atoms with Crippen LogP contribution in [-0.4, -0.2) is 27.2 Å². The Bertz CT molecular complexity index is 642. The average molecular weight is 271 g/mol. The van der Waals surface area contributed by atoms with E-state index in [1.165, 1.54) is 13.3 Å². The van der Waals surface area contributed by atoms with Crippen LogP contribution in [0.4, 0.5) is 11.6 Å². The predicted molar refractivity (Wildman–Crippen MR) is 75.7 cm³/mol. The summed E-state index contributed by atoms with van der Waals surface area (Å²) in [6, 6.07) is 8.23. The molecule has 0 atom stereocenters. The van der Waals surface area contributed by atoms with Gasteiger partial charge in [0.25, 0.3) is 0 Å². The highest BCUT2D eigenvalue weighted by Gasteiger charge is 1.99. The number of phenols is 1. The summed E-state index contributed by atoms with van der Waals surface area (Å²) in [6.07, 6.45) is 2.86. The number of carbonyl (C=O) groups excluding carboxylic acids is 1. The van der Waals surface area contributed by atoms with Crippen LogP contribution in [0.2, 0.25) is 0 Å². The molecule has 0 bridgehead atoms. The fraction of sp³-hybridized carbons (Fsp3) is 0.0769. The van der Waals surface area contributed by atoms with E-state index in [4.69, 9.17) is 0 Å². The molecule has 2 rings (SSSR count). The van der Waals surface area contributed by atoms with Gasteiger partial charge in [0, 0.05) is 13.0 Å². The maximum absolute atomic E-state index is 10.9. The lowest BCUT2D eigenvalue weighted by atomic mass is 10.2. The minimum absolute atomic E-state index is 0.170. The number of aromatic nitrogens is 2. The number of hydrogen-bond donors (Lipinski definition) is 3. The number of nitrogens with zero attached hydrogens (tertiary/aromatic N) is 3. The zero-order valence-corrected chi connectivity index (χ0v) is 10.7. The van der Waals surface area contributed by atoms with E-state index in [2.05, 4.69) is 25.8 Å². The first kappa shape index (κ1) is 13.5. The molecule has 2 aromatic rings. The van der Waals surface area contributed by atoms with Gasteiger partial charge >= 0.3 is 0 Å². The molecule has 0 saturated carbocycles. The van der Waals surface area contributed by atoms with Crippen molar-refractivity contribution >= 4 is 23.8 Å². The van der Waals surface area contributed by atoms with Crippen molar-refractivity contribution in [2.45, 2.75) is 6.92 Å². The molecule has 1 aromatic heterocycles. The second-order valence-electron chi connectivity index (χ2n) is 3.93. The van der Waals surface area contributed by atoms with Crippen molar-refractivity contribution in [3.8, 4) is 5.75 Å². The number of benzene rings is 1. The van der Waals surface area contributed by atoms with Gasteiger partial charge < -0.3 is 10.4 Å². The van der Waals surface area contributed by atoms with Crippen molar-refractivity contribution < 1.29 is 9.90 Å². The van der Waals surface area contributed by atoms with Gasteiger partial charge in [-0.2, -0.15) is 5.10 Å². The Morgan fingerprint density at radius 2 is 2.10 bits per heavy atom. The lowest BCUT2D eigenvalue weighted by molar-refractivity contribution is -0.114. The highest BCUT2D eigenvalue weighted by Crippen LogP contribution is 2.10. The summed E-state index contributed by atoms with van der Waals surface area (Å²) in [6.45, 7) is 1.40. The van der Waals surface area contributed by atoms with Crippen LogP contribution in [0, 0.1) is 0 Å². The van der Waals surface area contributed by atoms with Crippen molar-refractivity contribution in [2.75, 3.05) is 10.7 Å². The van der Waals surface area contributed by atoms with E-state index in [1.807, 2.05) is 0 Å². The number of carbonyl (C=O) groups is 1. The summed E-state index contributed by atoms with van der Waals surface area (Å²) in [5.74, 6) is 0.796. The van der Waals surface area contributed by atoms with Gasteiger partial charge in [-0.25, -0.2) is 9.97 Å². The monoisotopic (exact) mass is 271 g/mol. The number of phenolic OH excluding ortho intramolecular Hbond substituents is 1. The lowest BCUT2D eigenvalue weighted by Crippen LogP contribution is -2.08. The highest BCUT2D eigenvalue weighted by molar-refractivity contribution is 5.87. The van der Waals surface area contributed by atoms with E-state index >= 15 is 0 Å².